The molecule has 6 nitrogen and oxygen atoms in total. The third-order valence-electron chi connectivity index (χ3n) is 2.72. The zero-order chi connectivity index (χ0) is 12.7. The summed E-state index contributed by atoms with van der Waals surface area (Å²) in [6.45, 7) is 1.95. The second-order valence-corrected chi connectivity index (χ2v) is 4.47. The van der Waals surface area contributed by atoms with Crippen molar-refractivity contribution in [3.63, 3.8) is 0 Å². The molecule has 1 aliphatic heterocycles. The summed E-state index contributed by atoms with van der Waals surface area (Å²) in [5.74, 6) is 0.0449. The molecule has 0 aromatic rings. The van der Waals surface area contributed by atoms with Crippen LogP contribution < -0.4 is 16.0 Å². The minimum absolute atomic E-state index is 0.0449. The van der Waals surface area contributed by atoms with E-state index in [0.29, 0.717) is 25.6 Å². The van der Waals surface area contributed by atoms with E-state index in [9.17, 15) is 9.59 Å². The van der Waals surface area contributed by atoms with Crippen molar-refractivity contribution < 1.29 is 9.59 Å². The first kappa shape index (κ1) is 13.8. The summed E-state index contributed by atoms with van der Waals surface area (Å²) in [5, 5.41) is 8.75. The van der Waals surface area contributed by atoms with Gasteiger partial charge in [-0.15, -0.1) is 0 Å². The summed E-state index contributed by atoms with van der Waals surface area (Å²) in [4.78, 5) is 24.1. The van der Waals surface area contributed by atoms with Crippen LogP contribution in [-0.2, 0) is 4.79 Å². The number of rotatable bonds is 5. The number of nitrogens with zero attached hydrogens (tertiary/aromatic N) is 1. The molecule has 1 aliphatic rings. The SMILES string of the molecule is CN(C)C(=O)NCCNC(=O)CC1CCCN1. The fourth-order valence-electron chi connectivity index (χ4n) is 1.76. The highest BCUT2D eigenvalue weighted by atomic mass is 16.2. The van der Waals surface area contributed by atoms with Gasteiger partial charge in [-0.2, -0.15) is 0 Å². The Morgan fingerprint density at radius 1 is 1.29 bits per heavy atom. The molecular weight excluding hydrogens is 220 g/mol. The maximum absolute atomic E-state index is 11.5. The molecule has 0 bridgehead atoms. The Bertz CT molecular complexity index is 262. The lowest BCUT2D eigenvalue weighted by Crippen LogP contribution is -2.40. The number of nitrogens with one attached hydrogen (secondary N) is 3. The fourth-order valence-corrected chi connectivity index (χ4v) is 1.76. The molecule has 1 saturated heterocycles. The largest absolute Gasteiger partial charge is 0.354 e. The maximum atomic E-state index is 11.5. The lowest BCUT2D eigenvalue weighted by Gasteiger charge is -2.13. The molecule has 98 valence electrons. The molecule has 17 heavy (non-hydrogen) atoms. The number of carbonyl (C=O) groups is 2. The molecule has 6 heteroatoms. The number of hydrogen-bond acceptors (Lipinski definition) is 3. The summed E-state index contributed by atoms with van der Waals surface area (Å²) < 4.78 is 0. The van der Waals surface area contributed by atoms with Gasteiger partial charge in [-0.25, -0.2) is 4.79 Å². The zero-order valence-electron chi connectivity index (χ0n) is 10.6. The van der Waals surface area contributed by atoms with Crippen molar-refractivity contribution in [2.24, 2.45) is 0 Å². The lowest BCUT2D eigenvalue weighted by atomic mass is 10.1. The van der Waals surface area contributed by atoms with Gasteiger partial charge in [-0.3, -0.25) is 4.79 Å². The topological polar surface area (TPSA) is 73.5 Å². The van der Waals surface area contributed by atoms with E-state index >= 15 is 0 Å². The molecule has 0 saturated carbocycles. The van der Waals surface area contributed by atoms with Crippen LogP contribution in [0.5, 0.6) is 0 Å². The van der Waals surface area contributed by atoms with Gasteiger partial charge in [0.05, 0.1) is 0 Å². The molecule has 1 rings (SSSR count). The molecule has 0 spiro atoms. The zero-order valence-corrected chi connectivity index (χ0v) is 10.6. The minimum atomic E-state index is -0.142. The number of urea groups is 1. The van der Waals surface area contributed by atoms with Crippen LogP contribution in [0.4, 0.5) is 4.79 Å². The van der Waals surface area contributed by atoms with Crippen molar-refractivity contribution in [2.45, 2.75) is 25.3 Å². The summed E-state index contributed by atoms with van der Waals surface area (Å²) >= 11 is 0. The van der Waals surface area contributed by atoms with Crippen LogP contribution in [0.15, 0.2) is 0 Å². The van der Waals surface area contributed by atoms with Gasteiger partial charge in [0.1, 0.15) is 0 Å². The van der Waals surface area contributed by atoms with Crippen LogP contribution in [0.25, 0.3) is 0 Å². The van der Waals surface area contributed by atoms with Gasteiger partial charge in [0.25, 0.3) is 0 Å². The molecule has 3 N–H and O–H groups in total. The Kier molecular flexibility index (Phi) is 5.76. The molecule has 1 atom stereocenters. The predicted molar refractivity (Wildman–Crippen MR) is 65.7 cm³/mol. The average molecular weight is 242 g/mol. The summed E-state index contributed by atoms with van der Waals surface area (Å²) in [6, 6.07) is 0.183. The smallest absolute Gasteiger partial charge is 0.316 e. The van der Waals surface area contributed by atoms with Crippen molar-refractivity contribution in [1.82, 2.24) is 20.9 Å². The fraction of sp³-hybridized carbons (Fsp3) is 0.818. The van der Waals surface area contributed by atoms with Crippen molar-refractivity contribution in [2.75, 3.05) is 33.7 Å². The highest BCUT2D eigenvalue weighted by Gasteiger charge is 2.17. The van der Waals surface area contributed by atoms with Gasteiger partial charge in [0.2, 0.25) is 5.91 Å². The Labute approximate surface area is 102 Å². The van der Waals surface area contributed by atoms with Crippen LogP contribution in [0.3, 0.4) is 0 Å². The molecule has 1 fully saturated rings. The van der Waals surface area contributed by atoms with Gasteiger partial charge >= 0.3 is 6.03 Å². The highest BCUT2D eigenvalue weighted by Crippen LogP contribution is 2.07. The highest BCUT2D eigenvalue weighted by molar-refractivity contribution is 5.77. The van der Waals surface area contributed by atoms with Crippen LogP contribution >= 0.6 is 0 Å². The second-order valence-electron chi connectivity index (χ2n) is 4.47. The van der Waals surface area contributed by atoms with Crippen LogP contribution in [0.2, 0.25) is 0 Å². The number of carbonyl (C=O) groups excluding carboxylic acids is 2. The molecule has 1 heterocycles. The third-order valence-corrected chi connectivity index (χ3v) is 2.72. The Morgan fingerprint density at radius 2 is 2.00 bits per heavy atom. The van der Waals surface area contributed by atoms with Crippen LogP contribution in [0, 0.1) is 0 Å². The molecule has 3 amide bonds. The first-order valence-corrected chi connectivity index (χ1v) is 6.05. The van der Waals surface area contributed by atoms with Gasteiger partial charge in [-0.05, 0) is 19.4 Å². The number of hydrogen-bond donors (Lipinski definition) is 3. The van der Waals surface area contributed by atoms with E-state index in [0.717, 1.165) is 19.4 Å². The van der Waals surface area contributed by atoms with E-state index in [1.807, 2.05) is 0 Å². The summed E-state index contributed by atoms with van der Waals surface area (Å²) in [7, 11) is 3.36. The van der Waals surface area contributed by atoms with Crippen molar-refractivity contribution in [3.8, 4) is 0 Å². The van der Waals surface area contributed by atoms with Crippen molar-refractivity contribution >= 4 is 11.9 Å². The van der Waals surface area contributed by atoms with E-state index in [2.05, 4.69) is 16.0 Å². The second kappa shape index (κ2) is 7.11. The summed E-state index contributed by atoms with van der Waals surface area (Å²) in [6.07, 6.45) is 2.75. The molecule has 1 unspecified atom stereocenters. The molecule has 0 aromatic heterocycles. The Morgan fingerprint density at radius 3 is 2.59 bits per heavy atom. The monoisotopic (exact) mass is 242 g/mol. The van der Waals surface area contributed by atoms with E-state index in [4.69, 9.17) is 0 Å². The maximum Gasteiger partial charge on any atom is 0.316 e. The minimum Gasteiger partial charge on any atom is -0.354 e. The van der Waals surface area contributed by atoms with E-state index in [-0.39, 0.29) is 11.9 Å². The quantitative estimate of drug-likeness (QED) is 0.570. The molecular formula is C11H22N4O2. The van der Waals surface area contributed by atoms with E-state index < -0.39 is 0 Å². The first-order valence-electron chi connectivity index (χ1n) is 6.05. The van der Waals surface area contributed by atoms with E-state index in [1.54, 1.807) is 14.1 Å². The van der Waals surface area contributed by atoms with Crippen LogP contribution in [0.1, 0.15) is 19.3 Å². The van der Waals surface area contributed by atoms with Gasteiger partial charge in [0.15, 0.2) is 0 Å². The first-order chi connectivity index (χ1) is 8.09. The standard InChI is InChI=1S/C11H22N4O2/c1-15(2)11(17)14-7-6-13-10(16)8-9-4-3-5-12-9/h9,12H,3-8H2,1-2H3,(H,13,16)(H,14,17). The van der Waals surface area contributed by atoms with Crippen LogP contribution in [-0.4, -0.2) is 56.6 Å². The summed E-state index contributed by atoms with van der Waals surface area (Å²) in [5.41, 5.74) is 0. The molecule has 0 aliphatic carbocycles. The van der Waals surface area contributed by atoms with Gasteiger partial charge in [-0.1, -0.05) is 0 Å². The van der Waals surface area contributed by atoms with Crippen molar-refractivity contribution in [3.05, 3.63) is 0 Å². The van der Waals surface area contributed by atoms with E-state index in [1.165, 1.54) is 4.90 Å². The predicted octanol–water partition coefficient (Wildman–Crippen LogP) is -0.484. The normalized spacial score (nSPS) is 18.8. The van der Waals surface area contributed by atoms with Gasteiger partial charge < -0.3 is 20.9 Å². The molecule has 0 aromatic carbocycles. The Balaban J connectivity index is 2.02. The van der Waals surface area contributed by atoms with Crippen molar-refractivity contribution in [1.29, 1.82) is 0 Å². The lowest BCUT2D eigenvalue weighted by molar-refractivity contribution is -0.121. The average Bonchev–Trinajstić information content (AvgIpc) is 2.76. The number of amides is 3. The molecule has 0 radical (unpaired) electrons. The third kappa shape index (κ3) is 5.53. The Hall–Kier alpha value is -1.30. The van der Waals surface area contributed by atoms with Gasteiger partial charge in [0, 0.05) is 39.6 Å².